The number of amides is 2. The number of halogens is 8. The van der Waals surface area contributed by atoms with E-state index in [9.17, 15) is 39.9 Å². The van der Waals surface area contributed by atoms with E-state index < -0.39 is 53.4 Å². The molecule has 226 valence electrons. The van der Waals surface area contributed by atoms with Gasteiger partial charge in [-0.25, -0.2) is 23.5 Å². The topological polar surface area (TPSA) is 160 Å². The van der Waals surface area contributed by atoms with Crippen LogP contribution in [-0.2, 0) is 4.79 Å². The summed E-state index contributed by atoms with van der Waals surface area (Å²) < 4.78 is 105. The standard InChI is InChI=1S/C21H23F5N6O2.C2HF3O2/c1-11-14-7-12(22)8-15(23)17(14)34-16(11)18(21(24,25)26)32-20(33)31-13-9-29-19(30-10-13)28-6-4-2-3-5-27;3-2(4,5)1(6)7/h7-10,18H,2-6,27H2,1H3,(H,28,29,30)(H2,31,32,33);(H,6,7)/t18-;/m1./s1. The number of urea groups is 1. The van der Waals surface area contributed by atoms with Gasteiger partial charge in [0.1, 0.15) is 17.5 Å². The number of hydrogen-bond donors (Lipinski definition) is 4. The highest BCUT2D eigenvalue weighted by atomic mass is 19.4. The Morgan fingerprint density at radius 3 is 2.20 bits per heavy atom. The van der Waals surface area contributed by atoms with E-state index in [1.54, 1.807) is 5.32 Å². The third-order valence-electron chi connectivity index (χ3n) is 5.21. The number of aliphatic carboxylic acids is 1. The molecule has 3 rings (SSSR count). The molecule has 0 aliphatic heterocycles. The fourth-order valence-corrected chi connectivity index (χ4v) is 3.29. The van der Waals surface area contributed by atoms with E-state index >= 15 is 0 Å². The highest BCUT2D eigenvalue weighted by Gasteiger charge is 2.45. The van der Waals surface area contributed by atoms with Crippen LogP contribution in [-0.4, -0.2) is 47.4 Å². The maximum Gasteiger partial charge on any atom is 0.430 e. The van der Waals surface area contributed by atoms with Crippen LogP contribution in [0.2, 0.25) is 0 Å². The number of anilines is 2. The van der Waals surface area contributed by atoms with Gasteiger partial charge >= 0.3 is 18.4 Å². The van der Waals surface area contributed by atoms with E-state index in [0.29, 0.717) is 18.6 Å². The van der Waals surface area contributed by atoms with Gasteiger partial charge in [-0.05, 0) is 32.3 Å². The molecule has 6 N–H and O–H groups in total. The molecule has 1 aromatic carbocycles. The van der Waals surface area contributed by atoms with Crippen LogP contribution >= 0.6 is 0 Å². The molecule has 0 aliphatic carbocycles. The molecule has 0 radical (unpaired) electrons. The number of aryl methyl sites for hydroxylation is 1. The van der Waals surface area contributed by atoms with Gasteiger partial charge in [-0.3, -0.25) is 0 Å². The minimum atomic E-state index is -5.19. The minimum absolute atomic E-state index is 0.0514. The van der Waals surface area contributed by atoms with Gasteiger partial charge in [-0.2, -0.15) is 26.3 Å². The molecule has 0 saturated heterocycles. The lowest BCUT2D eigenvalue weighted by Gasteiger charge is -2.20. The SMILES string of the molecule is Cc1c([C@@H](NC(=O)Nc2cnc(NCCCCC[NH3+])nc2)C(F)(F)F)oc2c(F)cc(F)cc12.O=C([O-])C(F)(F)F. The lowest BCUT2D eigenvalue weighted by Crippen LogP contribution is -2.50. The summed E-state index contributed by atoms with van der Waals surface area (Å²) in [5.41, 5.74) is 3.13. The fraction of sp³-hybridized carbons (Fsp3) is 0.391. The highest BCUT2D eigenvalue weighted by Crippen LogP contribution is 2.39. The Labute approximate surface area is 226 Å². The quantitative estimate of drug-likeness (QED) is 0.217. The zero-order valence-electron chi connectivity index (χ0n) is 21.2. The molecule has 41 heavy (non-hydrogen) atoms. The van der Waals surface area contributed by atoms with Crippen molar-refractivity contribution >= 4 is 34.6 Å². The highest BCUT2D eigenvalue weighted by molar-refractivity contribution is 5.89. The van der Waals surface area contributed by atoms with Crippen molar-refractivity contribution in [2.24, 2.45) is 0 Å². The van der Waals surface area contributed by atoms with Crippen LogP contribution in [0, 0.1) is 18.6 Å². The second-order valence-electron chi connectivity index (χ2n) is 8.35. The second-order valence-corrected chi connectivity index (χ2v) is 8.35. The third-order valence-corrected chi connectivity index (χ3v) is 5.21. The lowest BCUT2D eigenvalue weighted by molar-refractivity contribution is -0.368. The summed E-state index contributed by atoms with van der Waals surface area (Å²) >= 11 is 0. The van der Waals surface area contributed by atoms with E-state index in [4.69, 9.17) is 14.3 Å². The van der Waals surface area contributed by atoms with Gasteiger partial charge in [0.25, 0.3) is 0 Å². The molecule has 2 amide bonds. The van der Waals surface area contributed by atoms with Crippen LogP contribution in [0.15, 0.2) is 28.9 Å². The smallest absolute Gasteiger partial charge is 0.430 e. The van der Waals surface area contributed by atoms with Crippen LogP contribution in [0.5, 0.6) is 0 Å². The van der Waals surface area contributed by atoms with Crippen LogP contribution in [0.4, 0.5) is 51.6 Å². The van der Waals surface area contributed by atoms with Crippen molar-refractivity contribution in [1.82, 2.24) is 15.3 Å². The molecule has 3 aromatic rings. The Morgan fingerprint density at radius 1 is 1.05 bits per heavy atom. The van der Waals surface area contributed by atoms with Gasteiger partial charge in [-0.15, -0.1) is 0 Å². The zero-order valence-corrected chi connectivity index (χ0v) is 21.2. The number of hydrogen-bond acceptors (Lipinski definition) is 7. The number of carboxylic acid groups (broad SMARTS) is 1. The van der Waals surface area contributed by atoms with E-state index in [1.807, 2.05) is 0 Å². The normalized spacial score (nSPS) is 12.3. The predicted octanol–water partition coefficient (Wildman–Crippen LogP) is 3.36. The molecule has 1 atom stereocenters. The Bertz CT molecular complexity index is 1330. The number of carbonyl (C=O) groups excluding carboxylic acids is 2. The van der Waals surface area contributed by atoms with Gasteiger partial charge in [0.15, 0.2) is 17.4 Å². The third kappa shape index (κ3) is 9.73. The number of furan rings is 1. The molecule has 0 spiro atoms. The van der Waals surface area contributed by atoms with Crippen LogP contribution in [0.1, 0.15) is 36.6 Å². The molecular weight excluding hydrogens is 576 g/mol. The summed E-state index contributed by atoms with van der Waals surface area (Å²) in [6.07, 6.45) is -4.79. The Hall–Kier alpha value is -4.22. The monoisotopic (exact) mass is 600 g/mol. The first kappa shape index (κ1) is 33.0. The van der Waals surface area contributed by atoms with E-state index in [1.165, 1.54) is 19.3 Å². The van der Waals surface area contributed by atoms with Crippen LogP contribution in [0.3, 0.4) is 0 Å². The molecule has 10 nitrogen and oxygen atoms in total. The zero-order chi connectivity index (χ0) is 31.0. The lowest BCUT2D eigenvalue weighted by atomic mass is 10.1. The number of alkyl halides is 6. The predicted molar refractivity (Wildman–Crippen MR) is 125 cm³/mol. The number of carbonyl (C=O) groups is 2. The summed E-state index contributed by atoms with van der Waals surface area (Å²) in [4.78, 5) is 29.1. The average molecular weight is 600 g/mol. The average Bonchev–Trinajstić information content (AvgIpc) is 3.18. The van der Waals surface area contributed by atoms with Crippen LogP contribution < -0.4 is 26.8 Å². The largest absolute Gasteiger partial charge is 0.542 e. The van der Waals surface area contributed by atoms with Crippen molar-refractivity contribution in [1.29, 1.82) is 0 Å². The minimum Gasteiger partial charge on any atom is -0.542 e. The summed E-state index contributed by atoms with van der Waals surface area (Å²) in [5.74, 6) is -5.57. The summed E-state index contributed by atoms with van der Waals surface area (Å²) in [6.45, 7) is 2.72. The Kier molecular flexibility index (Phi) is 11.2. The maximum absolute atomic E-state index is 14.0. The fourth-order valence-electron chi connectivity index (χ4n) is 3.29. The Morgan fingerprint density at radius 2 is 1.66 bits per heavy atom. The first-order valence-corrected chi connectivity index (χ1v) is 11.7. The van der Waals surface area contributed by atoms with E-state index in [-0.39, 0.29) is 16.6 Å². The molecule has 0 bridgehead atoms. The first-order chi connectivity index (χ1) is 19.0. The number of benzene rings is 1. The van der Waals surface area contributed by atoms with Gasteiger partial charge in [0.05, 0.1) is 24.6 Å². The number of nitrogens with one attached hydrogen (secondary N) is 3. The van der Waals surface area contributed by atoms with Gasteiger partial charge in [0, 0.05) is 23.6 Å². The molecular formula is C23H24F8N6O4. The number of rotatable bonds is 9. The number of carboxylic acids is 1. The van der Waals surface area contributed by atoms with Crippen molar-refractivity contribution in [3.05, 3.63) is 47.5 Å². The molecule has 18 heteroatoms. The number of aromatic nitrogens is 2. The van der Waals surface area contributed by atoms with Gasteiger partial charge in [0.2, 0.25) is 5.95 Å². The van der Waals surface area contributed by atoms with Gasteiger partial charge < -0.3 is 36.0 Å². The van der Waals surface area contributed by atoms with Crippen LogP contribution in [0.25, 0.3) is 11.0 Å². The van der Waals surface area contributed by atoms with E-state index in [2.05, 4.69) is 26.3 Å². The molecule has 0 unspecified atom stereocenters. The summed E-state index contributed by atoms with van der Waals surface area (Å²) in [5, 5.41) is 15.6. The number of unbranched alkanes of at least 4 members (excludes halogenated alkanes) is 2. The van der Waals surface area contributed by atoms with Crippen molar-refractivity contribution in [3.8, 4) is 0 Å². The van der Waals surface area contributed by atoms with Crippen molar-refractivity contribution in [3.63, 3.8) is 0 Å². The second kappa shape index (κ2) is 13.9. The van der Waals surface area contributed by atoms with Crippen molar-refractivity contribution < 1.29 is 60.0 Å². The van der Waals surface area contributed by atoms with Gasteiger partial charge in [-0.1, -0.05) is 0 Å². The van der Waals surface area contributed by atoms with E-state index in [0.717, 1.165) is 31.9 Å². The number of fused-ring (bicyclic) bond motifs is 1. The molecule has 2 aromatic heterocycles. The summed E-state index contributed by atoms with van der Waals surface area (Å²) in [6, 6.07) is -2.46. The Balaban J connectivity index is 0.000000745. The molecule has 0 fully saturated rings. The number of nitrogens with zero attached hydrogens (tertiary/aromatic N) is 2. The van der Waals surface area contributed by atoms with Crippen molar-refractivity contribution in [2.75, 3.05) is 23.7 Å². The number of quaternary nitrogens is 1. The molecule has 0 saturated carbocycles. The molecule has 0 aliphatic rings. The summed E-state index contributed by atoms with van der Waals surface area (Å²) in [7, 11) is 0. The molecule has 2 heterocycles. The first-order valence-electron chi connectivity index (χ1n) is 11.7. The van der Waals surface area contributed by atoms with Crippen molar-refractivity contribution in [2.45, 2.75) is 44.6 Å². The maximum atomic E-state index is 14.0.